The smallest absolute Gasteiger partial charge is 0.0414 e. The van der Waals surface area contributed by atoms with Crippen molar-refractivity contribution in [2.75, 3.05) is 0 Å². The molecule has 0 amide bonds. The third-order valence-corrected chi connectivity index (χ3v) is 4.17. The fraction of sp³-hybridized carbons (Fsp3) is 0.643. The van der Waals surface area contributed by atoms with Gasteiger partial charge in [-0.15, -0.1) is 0 Å². The summed E-state index contributed by atoms with van der Waals surface area (Å²) >= 11 is 3.81. The SMILES string of the molecule is BrC(Cc1ccccn1)CC1CCCCC1. The molecule has 0 bridgehead atoms. The number of alkyl halides is 1. The minimum Gasteiger partial charge on any atom is -0.261 e. The van der Waals surface area contributed by atoms with Crippen LogP contribution in [0.25, 0.3) is 0 Å². The van der Waals surface area contributed by atoms with E-state index in [0.29, 0.717) is 4.83 Å². The predicted molar refractivity (Wildman–Crippen MR) is 71.8 cm³/mol. The summed E-state index contributed by atoms with van der Waals surface area (Å²) in [6.07, 6.45) is 11.5. The van der Waals surface area contributed by atoms with Crippen LogP contribution in [0, 0.1) is 5.92 Å². The highest BCUT2D eigenvalue weighted by molar-refractivity contribution is 9.09. The Morgan fingerprint density at radius 3 is 2.75 bits per heavy atom. The normalized spacial score (nSPS) is 19.6. The Hall–Kier alpha value is -0.370. The second-order valence-corrected chi connectivity index (χ2v) is 6.16. The van der Waals surface area contributed by atoms with Crippen molar-refractivity contribution in [1.82, 2.24) is 4.98 Å². The first-order chi connectivity index (χ1) is 7.84. The van der Waals surface area contributed by atoms with Gasteiger partial charge in [0.05, 0.1) is 0 Å². The molecule has 0 spiro atoms. The highest BCUT2D eigenvalue weighted by Crippen LogP contribution is 2.30. The second kappa shape index (κ2) is 6.39. The van der Waals surface area contributed by atoms with Crippen molar-refractivity contribution in [3.63, 3.8) is 0 Å². The van der Waals surface area contributed by atoms with Gasteiger partial charge in [0.2, 0.25) is 0 Å². The molecule has 1 heterocycles. The molecule has 1 atom stereocenters. The van der Waals surface area contributed by atoms with Crippen LogP contribution in [0.1, 0.15) is 44.2 Å². The average Bonchev–Trinajstić information content (AvgIpc) is 2.31. The molecule has 1 unspecified atom stereocenters. The van der Waals surface area contributed by atoms with Crippen molar-refractivity contribution in [3.05, 3.63) is 30.1 Å². The molecule has 1 fully saturated rings. The van der Waals surface area contributed by atoms with Crippen LogP contribution in [-0.4, -0.2) is 9.81 Å². The number of halogens is 1. The predicted octanol–water partition coefficient (Wildman–Crippen LogP) is 4.36. The maximum Gasteiger partial charge on any atom is 0.0414 e. The molecule has 0 radical (unpaired) electrons. The van der Waals surface area contributed by atoms with E-state index in [9.17, 15) is 0 Å². The Morgan fingerprint density at radius 2 is 2.06 bits per heavy atom. The molecule has 2 heteroatoms. The molecule has 1 aliphatic carbocycles. The van der Waals surface area contributed by atoms with Gasteiger partial charge in [0.15, 0.2) is 0 Å². The number of hydrogen-bond acceptors (Lipinski definition) is 1. The van der Waals surface area contributed by atoms with Crippen LogP contribution in [0.3, 0.4) is 0 Å². The average molecular weight is 282 g/mol. The first kappa shape index (κ1) is 12.1. The van der Waals surface area contributed by atoms with Crippen LogP contribution in [0.5, 0.6) is 0 Å². The summed E-state index contributed by atoms with van der Waals surface area (Å²) in [4.78, 5) is 4.98. The van der Waals surface area contributed by atoms with Gasteiger partial charge in [-0.2, -0.15) is 0 Å². The van der Waals surface area contributed by atoms with E-state index in [0.717, 1.165) is 12.3 Å². The molecule has 0 saturated heterocycles. The van der Waals surface area contributed by atoms with E-state index in [1.165, 1.54) is 44.2 Å². The molecule has 1 aliphatic rings. The molecule has 1 nitrogen and oxygen atoms in total. The number of pyridine rings is 1. The number of aromatic nitrogens is 1. The Morgan fingerprint density at radius 1 is 1.25 bits per heavy atom. The Balaban J connectivity index is 1.77. The fourth-order valence-electron chi connectivity index (χ4n) is 2.61. The second-order valence-electron chi connectivity index (χ2n) is 4.86. The van der Waals surface area contributed by atoms with Crippen molar-refractivity contribution in [3.8, 4) is 0 Å². The molecular formula is C14H20BrN. The molecule has 16 heavy (non-hydrogen) atoms. The molecule has 1 aromatic heterocycles. The zero-order valence-corrected chi connectivity index (χ0v) is 11.3. The molecule has 0 N–H and O–H groups in total. The van der Waals surface area contributed by atoms with Crippen LogP contribution in [-0.2, 0) is 6.42 Å². The van der Waals surface area contributed by atoms with E-state index in [1.54, 1.807) is 0 Å². The van der Waals surface area contributed by atoms with E-state index >= 15 is 0 Å². The third kappa shape index (κ3) is 3.89. The zero-order valence-electron chi connectivity index (χ0n) is 9.74. The van der Waals surface area contributed by atoms with Crippen molar-refractivity contribution < 1.29 is 0 Å². The van der Waals surface area contributed by atoms with Gasteiger partial charge in [0, 0.05) is 23.1 Å². The van der Waals surface area contributed by atoms with E-state index in [1.807, 2.05) is 12.3 Å². The summed E-state index contributed by atoms with van der Waals surface area (Å²) in [5.74, 6) is 0.946. The number of nitrogens with zero attached hydrogens (tertiary/aromatic N) is 1. The monoisotopic (exact) mass is 281 g/mol. The van der Waals surface area contributed by atoms with E-state index in [2.05, 4.69) is 33.0 Å². The third-order valence-electron chi connectivity index (χ3n) is 3.47. The molecule has 0 aromatic carbocycles. The first-order valence-electron chi connectivity index (χ1n) is 6.38. The van der Waals surface area contributed by atoms with Crippen molar-refractivity contribution in [2.45, 2.75) is 49.8 Å². The molecular weight excluding hydrogens is 262 g/mol. The van der Waals surface area contributed by atoms with E-state index in [-0.39, 0.29) is 0 Å². The Bertz CT molecular complexity index is 293. The summed E-state index contributed by atoms with van der Waals surface area (Å²) < 4.78 is 0. The molecule has 1 saturated carbocycles. The lowest BCUT2D eigenvalue weighted by atomic mass is 9.85. The van der Waals surface area contributed by atoms with Crippen molar-refractivity contribution in [2.24, 2.45) is 5.92 Å². The van der Waals surface area contributed by atoms with Gasteiger partial charge < -0.3 is 0 Å². The molecule has 2 rings (SSSR count). The highest BCUT2D eigenvalue weighted by Gasteiger charge is 2.17. The summed E-state index contributed by atoms with van der Waals surface area (Å²) in [7, 11) is 0. The van der Waals surface area contributed by atoms with Gasteiger partial charge in [0.1, 0.15) is 0 Å². The number of rotatable bonds is 4. The maximum absolute atomic E-state index is 4.38. The van der Waals surface area contributed by atoms with Gasteiger partial charge in [-0.25, -0.2) is 0 Å². The van der Waals surface area contributed by atoms with E-state index in [4.69, 9.17) is 0 Å². The standard InChI is InChI=1S/C14H20BrN/c15-13(10-12-6-2-1-3-7-12)11-14-8-4-5-9-16-14/h4-5,8-9,12-13H,1-3,6-7,10-11H2. The van der Waals surface area contributed by atoms with Crippen LogP contribution in [0.4, 0.5) is 0 Å². The van der Waals surface area contributed by atoms with Gasteiger partial charge in [-0.05, 0) is 24.5 Å². The van der Waals surface area contributed by atoms with Crippen molar-refractivity contribution >= 4 is 15.9 Å². The minimum atomic E-state index is 0.602. The summed E-state index contributed by atoms with van der Waals surface area (Å²) in [6, 6.07) is 6.17. The summed E-state index contributed by atoms with van der Waals surface area (Å²) in [5.41, 5.74) is 1.21. The zero-order chi connectivity index (χ0) is 11.2. The van der Waals surface area contributed by atoms with Gasteiger partial charge in [-0.1, -0.05) is 54.1 Å². The van der Waals surface area contributed by atoms with Crippen LogP contribution in [0.2, 0.25) is 0 Å². The van der Waals surface area contributed by atoms with Gasteiger partial charge in [0.25, 0.3) is 0 Å². The minimum absolute atomic E-state index is 0.602. The Labute approximate surface area is 107 Å². The largest absolute Gasteiger partial charge is 0.261 e. The summed E-state index contributed by atoms with van der Waals surface area (Å²) in [6.45, 7) is 0. The lowest BCUT2D eigenvalue weighted by Gasteiger charge is -2.23. The van der Waals surface area contributed by atoms with Crippen LogP contribution >= 0.6 is 15.9 Å². The topological polar surface area (TPSA) is 12.9 Å². The Kier molecular flexibility index (Phi) is 4.83. The lowest BCUT2D eigenvalue weighted by molar-refractivity contribution is 0.337. The first-order valence-corrected chi connectivity index (χ1v) is 7.30. The summed E-state index contributed by atoms with van der Waals surface area (Å²) in [5, 5.41) is 0. The maximum atomic E-state index is 4.38. The molecule has 88 valence electrons. The fourth-order valence-corrected chi connectivity index (χ4v) is 3.47. The van der Waals surface area contributed by atoms with Crippen molar-refractivity contribution in [1.29, 1.82) is 0 Å². The lowest BCUT2D eigenvalue weighted by Crippen LogP contribution is -2.14. The van der Waals surface area contributed by atoms with E-state index < -0.39 is 0 Å². The molecule has 1 aromatic rings. The molecule has 0 aliphatic heterocycles. The van der Waals surface area contributed by atoms with Gasteiger partial charge >= 0.3 is 0 Å². The van der Waals surface area contributed by atoms with Crippen LogP contribution < -0.4 is 0 Å². The highest BCUT2D eigenvalue weighted by atomic mass is 79.9. The van der Waals surface area contributed by atoms with Crippen LogP contribution in [0.15, 0.2) is 24.4 Å². The number of hydrogen-bond donors (Lipinski definition) is 0. The quantitative estimate of drug-likeness (QED) is 0.748. The van der Waals surface area contributed by atoms with Gasteiger partial charge in [-0.3, -0.25) is 4.98 Å².